The van der Waals surface area contributed by atoms with E-state index in [1.54, 1.807) is 25.9 Å². The van der Waals surface area contributed by atoms with Crippen molar-refractivity contribution in [3.05, 3.63) is 58.1 Å². The van der Waals surface area contributed by atoms with E-state index >= 15 is 0 Å². The Kier molecular flexibility index (Phi) is 6.01. The van der Waals surface area contributed by atoms with E-state index in [9.17, 15) is 9.90 Å². The van der Waals surface area contributed by atoms with Gasteiger partial charge in [-0.15, -0.1) is 0 Å². The van der Waals surface area contributed by atoms with Crippen LogP contribution in [-0.4, -0.2) is 41.8 Å². The second-order valence-corrected chi connectivity index (χ2v) is 8.72. The summed E-state index contributed by atoms with van der Waals surface area (Å²) < 4.78 is 6.38. The molecule has 1 heterocycles. The van der Waals surface area contributed by atoms with Gasteiger partial charge in [-0.05, 0) is 62.2 Å². The smallest absolute Gasteiger partial charge is 0.325 e. The highest BCUT2D eigenvalue weighted by Gasteiger charge is 2.37. The van der Waals surface area contributed by atoms with Crippen LogP contribution in [-0.2, 0) is 0 Å². The Hall–Kier alpha value is -2.05. The molecule has 1 saturated heterocycles. The summed E-state index contributed by atoms with van der Waals surface area (Å²) in [5.41, 5.74) is 2.03. The van der Waals surface area contributed by atoms with E-state index < -0.39 is 5.60 Å². The number of hydrogen-bond acceptors (Lipinski definition) is 3. The number of urea groups is 1. The van der Waals surface area contributed by atoms with Crippen molar-refractivity contribution in [3.63, 3.8) is 0 Å². The maximum atomic E-state index is 13.3. The highest BCUT2D eigenvalue weighted by molar-refractivity contribution is 9.10. The van der Waals surface area contributed by atoms with Crippen LogP contribution in [0.3, 0.4) is 0 Å². The summed E-state index contributed by atoms with van der Waals surface area (Å²) in [7, 11) is 1.63. The third-order valence-electron chi connectivity index (χ3n) is 5.04. The van der Waals surface area contributed by atoms with Crippen molar-refractivity contribution in [1.29, 1.82) is 0 Å². The average Bonchev–Trinajstić information content (AvgIpc) is 3.02. The summed E-state index contributed by atoms with van der Waals surface area (Å²) in [5.74, 6) is 0.741. The molecule has 0 bridgehead atoms. The van der Waals surface area contributed by atoms with Crippen LogP contribution in [0.5, 0.6) is 5.75 Å². The minimum absolute atomic E-state index is 0.0428. The number of methoxy groups -OCH3 is 1. The fraction of sp³-hybridized carbons (Fsp3) is 0.409. The lowest BCUT2D eigenvalue weighted by Crippen LogP contribution is -2.38. The predicted octanol–water partition coefficient (Wildman–Crippen LogP) is 4.91. The Bertz CT molecular complexity index is 863. The summed E-state index contributed by atoms with van der Waals surface area (Å²) >= 11 is 3.51. The number of amides is 2. The van der Waals surface area contributed by atoms with Gasteiger partial charge in [0.05, 0.1) is 18.8 Å². The summed E-state index contributed by atoms with van der Waals surface area (Å²) in [5, 5.41) is 10.5. The van der Waals surface area contributed by atoms with Gasteiger partial charge in [-0.3, -0.25) is 4.90 Å². The molecule has 1 aliphatic heterocycles. The first-order valence-electron chi connectivity index (χ1n) is 9.40. The first kappa shape index (κ1) is 20.7. The first-order chi connectivity index (χ1) is 13.2. The minimum Gasteiger partial charge on any atom is -0.497 e. The molecule has 0 spiro atoms. The van der Waals surface area contributed by atoms with Crippen LogP contribution in [0.4, 0.5) is 10.5 Å². The molecular formula is C22H27BrN2O3. The molecule has 28 heavy (non-hydrogen) atoms. The highest BCUT2D eigenvalue weighted by atomic mass is 79.9. The zero-order valence-electron chi connectivity index (χ0n) is 16.8. The number of aryl methyl sites for hydroxylation is 1. The molecule has 1 unspecified atom stereocenters. The number of aliphatic hydroxyl groups is 1. The molecule has 150 valence electrons. The third kappa shape index (κ3) is 4.50. The first-order valence-corrected chi connectivity index (χ1v) is 10.2. The number of hydrogen-bond donors (Lipinski definition) is 1. The molecule has 1 atom stereocenters. The maximum Gasteiger partial charge on any atom is 0.325 e. The second-order valence-electron chi connectivity index (χ2n) is 7.87. The number of nitrogens with zero attached hydrogens (tertiary/aromatic N) is 2. The van der Waals surface area contributed by atoms with Gasteiger partial charge in [-0.2, -0.15) is 0 Å². The van der Waals surface area contributed by atoms with E-state index in [4.69, 9.17) is 4.74 Å². The van der Waals surface area contributed by atoms with Crippen LogP contribution in [0.1, 0.15) is 37.4 Å². The van der Waals surface area contributed by atoms with Gasteiger partial charge in [0, 0.05) is 29.7 Å². The van der Waals surface area contributed by atoms with E-state index in [0.29, 0.717) is 19.5 Å². The van der Waals surface area contributed by atoms with Gasteiger partial charge in [0.1, 0.15) is 5.75 Å². The maximum absolute atomic E-state index is 13.3. The monoisotopic (exact) mass is 446 g/mol. The van der Waals surface area contributed by atoms with Crippen LogP contribution in [0.25, 0.3) is 0 Å². The highest BCUT2D eigenvalue weighted by Crippen LogP contribution is 2.35. The van der Waals surface area contributed by atoms with Crippen molar-refractivity contribution >= 4 is 27.6 Å². The number of carbonyl (C=O) groups is 1. The van der Waals surface area contributed by atoms with Gasteiger partial charge in [0.2, 0.25) is 0 Å². The molecular weight excluding hydrogens is 420 g/mol. The summed E-state index contributed by atoms with van der Waals surface area (Å²) in [6, 6.07) is 13.4. The van der Waals surface area contributed by atoms with Gasteiger partial charge in [-0.1, -0.05) is 28.1 Å². The molecule has 0 saturated carbocycles. The lowest BCUT2D eigenvalue weighted by molar-refractivity contribution is 0.0441. The van der Waals surface area contributed by atoms with Gasteiger partial charge >= 0.3 is 6.03 Å². The zero-order valence-corrected chi connectivity index (χ0v) is 18.4. The Morgan fingerprint density at radius 2 is 1.96 bits per heavy atom. The number of benzene rings is 2. The third-order valence-corrected chi connectivity index (χ3v) is 5.93. The predicted molar refractivity (Wildman–Crippen MR) is 115 cm³/mol. The molecule has 1 fully saturated rings. The fourth-order valence-corrected chi connectivity index (χ4v) is 3.86. The van der Waals surface area contributed by atoms with Crippen molar-refractivity contribution < 1.29 is 14.6 Å². The molecule has 0 aromatic heterocycles. The normalized spacial score (nSPS) is 15.9. The molecule has 2 aromatic carbocycles. The molecule has 6 heteroatoms. The summed E-state index contributed by atoms with van der Waals surface area (Å²) in [6.07, 6.45) is 0.444. The van der Waals surface area contributed by atoms with E-state index in [-0.39, 0.29) is 12.1 Å². The molecule has 2 amide bonds. The van der Waals surface area contributed by atoms with Gasteiger partial charge in [0.25, 0.3) is 0 Å². The number of anilines is 1. The number of rotatable bonds is 6. The van der Waals surface area contributed by atoms with Crippen molar-refractivity contribution in [1.82, 2.24) is 4.90 Å². The molecule has 5 nitrogen and oxygen atoms in total. The largest absolute Gasteiger partial charge is 0.497 e. The molecule has 1 N–H and O–H groups in total. The molecule has 3 rings (SSSR count). The lowest BCUT2D eigenvalue weighted by Gasteiger charge is -2.33. The minimum atomic E-state index is -0.907. The topological polar surface area (TPSA) is 53.0 Å². The van der Waals surface area contributed by atoms with E-state index in [2.05, 4.69) is 15.9 Å². The van der Waals surface area contributed by atoms with E-state index in [1.165, 1.54) is 0 Å². The molecule has 0 radical (unpaired) electrons. The van der Waals surface area contributed by atoms with Crippen molar-refractivity contribution in [3.8, 4) is 5.75 Å². The lowest BCUT2D eigenvalue weighted by atomic mass is 9.92. The number of halogens is 1. The van der Waals surface area contributed by atoms with E-state index in [1.807, 2.05) is 54.3 Å². The van der Waals surface area contributed by atoms with Crippen LogP contribution in [0, 0.1) is 6.92 Å². The van der Waals surface area contributed by atoms with Crippen molar-refractivity contribution in [2.45, 2.75) is 38.8 Å². The molecule has 1 aliphatic rings. The summed E-state index contributed by atoms with van der Waals surface area (Å²) in [4.78, 5) is 16.9. The quantitative estimate of drug-likeness (QED) is 0.685. The Morgan fingerprint density at radius 1 is 1.21 bits per heavy atom. The Labute approximate surface area is 175 Å². The molecule has 0 aliphatic carbocycles. The van der Waals surface area contributed by atoms with Crippen LogP contribution in [0.2, 0.25) is 0 Å². The summed E-state index contributed by atoms with van der Waals surface area (Å²) in [6.45, 7) is 6.78. The van der Waals surface area contributed by atoms with Crippen LogP contribution < -0.4 is 9.64 Å². The number of carbonyl (C=O) groups excluding carboxylic acids is 1. The van der Waals surface area contributed by atoms with Gasteiger partial charge < -0.3 is 14.7 Å². The van der Waals surface area contributed by atoms with Gasteiger partial charge in [0.15, 0.2) is 0 Å². The zero-order chi connectivity index (χ0) is 20.5. The Balaban J connectivity index is 1.92. The van der Waals surface area contributed by atoms with Crippen molar-refractivity contribution in [2.75, 3.05) is 25.1 Å². The molecule has 2 aromatic rings. The number of ether oxygens (including phenoxy) is 1. The van der Waals surface area contributed by atoms with E-state index in [0.717, 1.165) is 27.0 Å². The standard InChI is InChI=1S/C22H27BrN2O3/c1-15-12-17(8-9-19(15)23)24-10-11-25(21(24)26)20(14-22(2,3)27)16-6-5-7-18(13-16)28-4/h5-9,12-13,20,27H,10-11,14H2,1-4H3. The second kappa shape index (κ2) is 8.13. The van der Waals surface area contributed by atoms with Gasteiger partial charge in [-0.25, -0.2) is 4.79 Å². The SMILES string of the molecule is COc1cccc(C(CC(C)(C)O)N2CCN(c3ccc(Br)c(C)c3)C2=O)c1. The van der Waals surface area contributed by atoms with Crippen molar-refractivity contribution in [2.24, 2.45) is 0 Å². The average molecular weight is 447 g/mol. The van der Waals surface area contributed by atoms with Crippen LogP contribution in [0.15, 0.2) is 46.9 Å². The fourth-order valence-electron chi connectivity index (χ4n) is 3.61. The Morgan fingerprint density at radius 3 is 2.61 bits per heavy atom. The van der Waals surface area contributed by atoms with Crippen LogP contribution >= 0.6 is 15.9 Å².